The first kappa shape index (κ1) is 13.6. The van der Waals surface area contributed by atoms with Crippen LogP contribution >= 0.6 is 0 Å². The predicted molar refractivity (Wildman–Crippen MR) is 60.8 cm³/mol. The van der Waals surface area contributed by atoms with E-state index in [1.54, 1.807) is 20.8 Å². The molecule has 4 unspecified atom stereocenters. The van der Waals surface area contributed by atoms with Crippen molar-refractivity contribution in [3.05, 3.63) is 12.2 Å². The summed E-state index contributed by atoms with van der Waals surface area (Å²) >= 11 is 0. The SMILES string of the molecule is CC(O)C=CC1(O)C(C)(O)CC(O)C1(C)C. The summed E-state index contributed by atoms with van der Waals surface area (Å²) in [4.78, 5) is 0. The number of hydrogen-bond donors (Lipinski definition) is 4. The number of hydrogen-bond acceptors (Lipinski definition) is 4. The van der Waals surface area contributed by atoms with Crippen molar-refractivity contribution in [1.82, 2.24) is 0 Å². The topological polar surface area (TPSA) is 80.9 Å². The molecule has 16 heavy (non-hydrogen) atoms. The second-order valence-electron chi connectivity index (χ2n) is 5.58. The summed E-state index contributed by atoms with van der Waals surface area (Å²) in [5, 5.41) is 39.8. The van der Waals surface area contributed by atoms with E-state index in [1.165, 1.54) is 19.1 Å². The third-order valence-corrected chi connectivity index (χ3v) is 3.84. The monoisotopic (exact) mass is 230 g/mol. The first-order valence-electron chi connectivity index (χ1n) is 5.55. The zero-order valence-electron chi connectivity index (χ0n) is 10.3. The van der Waals surface area contributed by atoms with E-state index in [4.69, 9.17) is 0 Å². The molecule has 4 atom stereocenters. The van der Waals surface area contributed by atoms with Crippen LogP contribution in [0.2, 0.25) is 0 Å². The van der Waals surface area contributed by atoms with E-state index in [2.05, 4.69) is 0 Å². The van der Waals surface area contributed by atoms with Gasteiger partial charge in [-0.05, 0) is 13.8 Å². The van der Waals surface area contributed by atoms with Crippen LogP contribution in [0.25, 0.3) is 0 Å². The van der Waals surface area contributed by atoms with Crippen molar-refractivity contribution in [3.8, 4) is 0 Å². The van der Waals surface area contributed by atoms with Gasteiger partial charge in [0.05, 0.1) is 17.8 Å². The second-order valence-corrected chi connectivity index (χ2v) is 5.58. The Labute approximate surface area is 96.2 Å². The van der Waals surface area contributed by atoms with Crippen LogP contribution < -0.4 is 0 Å². The van der Waals surface area contributed by atoms with Gasteiger partial charge >= 0.3 is 0 Å². The highest BCUT2D eigenvalue weighted by Crippen LogP contribution is 2.52. The molecule has 0 amide bonds. The van der Waals surface area contributed by atoms with Gasteiger partial charge in [-0.3, -0.25) is 0 Å². The zero-order chi connectivity index (χ0) is 12.8. The smallest absolute Gasteiger partial charge is 0.119 e. The number of aliphatic hydroxyl groups is 4. The predicted octanol–water partition coefficient (Wildman–Crippen LogP) is 0.196. The van der Waals surface area contributed by atoms with E-state index in [0.29, 0.717) is 0 Å². The maximum atomic E-state index is 10.6. The quantitative estimate of drug-likeness (QED) is 0.511. The molecule has 0 radical (unpaired) electrons. The van der Waals surface area contributed by atoms with E-state index < -0.39 is 28.8 Å². The third-order valence-electron chi connectivity index (χ3n) is 3.84. The minimum absolute atomic E-state index is 0.112. The average molecular weight is 230 g/mol. The Kier molecular flexibility index (Phi) is 3.25. The van der Waals surface area contributed by atoms with Gasteiger partial charge in [0.2, 0.25) is 0 Å². The molecule has 1 saturated carbocycles. The van der Waals surface area contributed by atoms with Crippen molar-refractivity contribution < 1.29 is 20.4 Å². The van der Waals surface area contributed by atoms with E-state index in [9.17, 15) is 20.4 Å². The summed E-state index contributed by atoms with van der Waals surface area (Å²) in [6, 6.07) is 0. The summed E-state index contributed by atoms with van der Waals surface area (Å²) in [7, 11) is 0. The van der Waals surface area contributed by atoms with Gasteiger partial charge in [-0.15, -0.1) is 0 Å². The van der Waals surface area contributed by atoms with Crippen LogP contribution in [0.15, 0.2) is 12.2 Å². The van der Waals surface area contributed by atoms with Gasteiger partial charge in [0.25, 0.3) is 0 Å². The molecule has 0 aliphatic heterocycles. The minimum atomic E-state index is -1.55. The molecule has 0 aromatic heterocycles. The molecule has 0 spiro atoms. The van der Waals surface area contributed by atoms with Crippen LogP contribution in [-0.4, -0.2) is 43.8 Å². The van der Waals surface area contributed by atoms with Gasteiger partial charge in [-0.1, -0.05) is 26.0 Å². The summed E-state index contributed by atoms with van der Waals surface area (Å²) in [5.74, 6) is 0. The van der Waals surface area contributed by atoms with Gasteiger partial charge in [-0.2, -0.15) is 0 Å². The molecule has 1 aliphatic rings. The normalized spacial score (nSPS) is 45.1. The summed E-state index contributed by atoms with van der Waals surface area (Å²) < 4.78 is 0. The van der Waals surface area contributed by atoms with E-state index in [0.717, 1.165) is 0 Å². The molecule has 1 rings (SSSR count). The van der Waals surface area contributed by atoms with Crippen molar-refractivity contribution in [3.63, 3.8) is 0 Å². The molecule has 94 valence electrons. The van der Waals surface area contributed by atoms with Gasteiger partial charge < -0.3 is 20.4 Å². The Balaban J connectivity index is 3.16. The van der Waals surface area contributed by atoms with Crippen LogP contribution in [0, 0.1) is 5.41 Å². The van der Waals surface area contributed by atoms with Crippen LogP contribution in [0.3, 0.4) is 0 Å². The fourth-order valence-electron chi connectivity index (χ4n) is 2.41. The fourth-order valence-corrected chi connectivity index (χ4v) is 2.41. The zero-order valence-corrected chi connectivity index (χ0v) is 10.3. The Morgan fingerprint density at radius 3 is 2.06 bits per heavy atom. The lowest BCUT2D eigenvalue weighted by molar-refractivity contribution is -0.136. The second kappa shape index (κ2) is 3.81. The maximum Gasteiger partial charge on any atom is 0.119 e. The molecule has 0 aromatic carbocycles. The Hall–Kier alpha value is -0.420. The first-order valence-corrected chi connectivity index (χ1v) is 5.55. The van der Waals surface area contributed by atoms with Crippen molar-refractivity contribution in [2.24, 2.45) is 5.41 Å². The van der Waals surface area contributed by atoms with Crippen LogP contribution in [-0.2, 0) is 0 Å². The summed E-state index contributed by atoms with van der Waals surface area (Å²) in [6.07, 6.45) is 1.45. The average Bonchev–Trinajstić information content (AvgIpc) is 2.22. The van der Waals surface area contributed by atoms with Crippen LogP contribution in [0.5, 0.6) is 0 Å². The standard InChI is InChI=1S/C12H22O4/c1-8(13)5-6-12(16)10(2,3)9(14)7-11(12,4)15/h5-6,8-9,13-16H,7H2,1-4H3. The van der Waals surface area contributed by atoms with Crippen LogP contribution in [0.1, 0.15) is 34.1 Å². The third kappa shape index (κ3) is 1.80. The Morgan fingerprint density at radius 1 is 1.25 bits per heavy atom. The maximum absolute atomic E-state index is 10.6. The lowest BCUT2D eigenvalue weighted by Crippen LogP contribution is -2.54. The highest BCUT2D eigenvalue weighted by Gasteiger charge is 2.63. The van der Waals surface area contributed by atoms with Gasteiger partial charge in [0.15, 0.2) is 0 Å². The van der Waals surface area contributed by atoms with Crippen LogP contribution in [0.4, 0.5) is 0 Å². The summed E-state index contributed by atoms with van der Waals surface area (Å²) in [5.41, 5.74) is -3.81. The molecular formula is C12H22O4. The van der Waals surface area contributed by atoms with Crippen molar-refractivity contribution in [1.29, 1.82) is 0 Å². The fraction of sp³-hybridized carbons (Fsp3) is 0.833. The molecule has 4 N–H and O–H groups in total. The minimum Gasteiger partial charge on any atom is -0.392 e. The molecule has 0 saturated heterocycles. The first-order chi connectivity index (χ1) is 7.04. The van der Waals surface area contributed by atoms with E-state index >= 15 is 0 Å². The molecule has 0 aromatic rings. The Bertz CT molecular complexity index is 293. The van der Waals surface area contributed by atoms with Crippen molar-refractivity contribution >= 4 is 0 Å². The largest absolute Gasteiger partial charge is 0.392 e. The van der Waals surface area contributed by atoms with Gasteiger partial charge in [-0.25, -0.2) is 0 Å². The van der Waals surface area contributed by atoms with Crippen molar-refractivity contribution in [2.45, 2.75) is 57.5 Å². The van der Waals surface area contributed by atoms with Gasteiger partial charge in [0.1, 0.15) is 5.60 Å². The van der Waals surface area contributed by atoms with E-state index in [1.807, 2.05) is 0 Å². The molecule has 0 bridgehead atoms. The lowest BCUT2D eigenvalue weighted by Gasteiger charge is -2.42. The van der Waals surface area contributed by atoms with Crippen molar-refractivity contribution in [2.75, 3.05) is 0 Å². The molecular weight excluding hydrogens is 208 g/mol. The number of aliphatic hydroxyl groups excluding tert-OH is 2. The molecule has 4 heteroatoms. The lowest BCUT2D eigenvalue weighted by atomic mass is 9.72. The van der Waals surface area contributed by atoms with Gasteiger partial charge in [0, 0.05) is 11.8 Å². The van der Waals surface area contributed by atoms with E-state index in [-0.39, 0.29) is 6.42 Å². The Morgan fingerprint density at radius 2 is 1.75 bits per heavy atom. The highest BCUT2D eigenvalue weighted by atomic mass is 16.4. The molecule has 4 nitrogen and oxygen atoms in total. The number of rotatable bonds is 2. The summed E-state index contributed by atoms with van der Waals surface area (Å²) in [6.45, 7) is 6.46. The molecule has 0 heterocycles. The molecule has 1 fully saturated rings. The molecule has 1 aliphatic carbocycles. The highest BCUT2D eigenvalue weighted by molar-refractivity contribution is 5.24.